The molecule has 0 aromatic heterocycles. The van der Waals surface area contributed by atoms with Gasteiger partial charge in [-0.15, -0.1) is 0 Å². The smallest absolute Gasteiger partial charge is 0.237 e. The van der Waals surface area contributed by atoms with Crippen molar-refractivity contribution in [3.05, 3.63) is 28.2 Å². The third-order valence-electron chi connectivity index (χ3n) is 4.46. The van der Waals surface area contributed by atoms with Crippen molar-refractivity contribution in [3.8, 4) is 0 Å². The summed E-state index contributed by atoms with van der Waals surface area (Å²) >= 11 is 5.42. The SMILES string of the molecule is CCOC(O)CN1C(=O)C2(CCSCC2)c2cc(Br)ccc21. The van der Waals surface area contributed by atoms with Gasteiger partial charge in [-0.1, -0.05) is 15.9 Å². The Morgan fingerprint density at radius 3 is 2.86 bits per heavy atom. The van der Waals surface area contributed by atoms with Gasteiger partial charge < -0.3 is 14.7 Å². The Bertz CT molecular complexity index is 575. The molecule has 2 heterocycles. The number of thioether (sulfide) groups is 1. The van der Waals surface area contributed by atoms with E-state index < -0.39 is 11.7 Å². The molecule has 120 valence electrons. The Morgan fingerprint density at radius 1 is 1.45 bits per heavy atom. The van der Waals surface area contributed by atoms with Gasteiger partial charge in [0.25, 0.3) is 0 Å². The normalized spacial score (nSPS) is 21.2. The van der Waals surface area contributed by atoms with Crippen LogP contribution in [0.15, 0.2) is 22.7 Å². The lowest BCUT2D eigenvalue weighted by Crippen LogP contribution is -2.45. The number of anilines is 1. The highest BCUT2D eigenvalue weighted by Gasteiger charge is 2.51. The predicted octanol–water partition coefficient (Wildman–Crippen LogP) is 2.92. The van der Waals surface area contributed by atoms with Gasteiger partial charge in [0, 0.05) is 16.8 Å². The van der Waals surface area contributed by atoms with E-state index in [1.807, 2.05) is 30.8 Å². The molecule has 0 saturated carbocycles. The van der Waals surface area contributed by atoms with E-state index in [1.165, 1.54) is 0 Å². The number of carbonyl (C=O) groups is 1. The second kappa shape index (κ2) is 6.51. The number of benzene rings is 1. The van der Waals surface area contributed by atoms with Gasteiger partial charge in [-0.3, -0.25) is 4.79 Å². The van der Waals surface area contributed by atoms with Crippen molar-refractivity contribution in [1.82, 2.24) is 0 Å². The molecule has 3 rings (SSSR count). The number of amides is 1. The quantitative estimate of drug-likeness (QED) is 0.809. The molecule has 6 heteroatoms. The summed E-state index contributed by atoms with van der Waals surface area (Å²) < 4.78 is 6.20. The average molecular weight is 386 g/mol. The van der Waals surface area contributed by atoms with Crippen molar-refractivity contribution in [2.24, 2.45) is 0 Å². The van der Waals surface area contributed by atoms with Crippen LogP contribution in [0, 0.1) is 0 Å². The third-order valence-corrected chi connectivity index (χ3v) is 5.94. The molecule has 2 aliphatic rings. The summed E-state index contributed by atoms with van der Waals surface area (Å²) in [6.07, 6.45) is 0.779. The highest BCUT2D eigenvalue weighted by Crippen LogP contribution is 2.50. The Balaban J connectivity index is 1.98. The van der Waals surface area contributed by atoms with Crippen molar-refractivity contribution in [2.45, 2.75) is 31.5 Å². The molecule has 1 aromatic rings. The lowest BCUT2D eigenvalue weighted by atomic mass is 9.76. The maximum atomic E-state index is 13.1. The first kappa shape index (κ1) is 16.3. The van der Waals surface area contributed by atoms with E-state index >= 15 is 0 Å². The number of hydrogen-bond donors (Lipinski definition) is 1. The molecule has 1 atom stereocenters. The summed E-state index contributed by atoms with van der Waals surface area (Å²) in [5.74, 6) is 2.11. The summed E-state index contributed by atoms with van der Waals surface area (Å²) in [7, 11) is 0. The average Bonchev–Trinajstić information content (AvgIpc) is 2.71. The molecule has 1 fully saturated rings. The van der Waals surface area contributed by atoms with E-state index in [2.05, 4.69) is 22.0 Å². The van der Waals surface area contributed by atoms with Gasteiger partial charge in [0.2, 0.25) is 5.91 Å². The van der Waals surface area contributed by atoms with Crippen LogP contribution in [0.5, 0.6) is 0 Å². The van der Waals surface area contributed by atoms with Crippen molar-refractivity contribution in [1.29, 1.82) is 0 Å². The molecule has 0 aliphatic carbocycles. The van der Waals surface area contributed by atoms with Crippen LogP contribution < -0.4 is 4.90 Å². The largest absolute Gasteiger partial charge is 0.366 e. The van der Waals surface area contributed by atoms with Gasteiger partial charge in [-0.05, 0) is 55.0 Å². The molecule has 4 nitrogen and oxygen atoms in total. The molecule has 1 aromatic carbocycles. The number of carbonyl (C=O) groups excluding carboxylic acids is 1. The first-order valence-corrected chi connectivity index (χ1v) is 9.52. The fourth-order valence-electron chi connectivity index (χ4n) is 3.40. The second-order valence-corrected chi connectivity index (χ2v) is 7.82. The molecule has 0 radical (unpaired) electrons. The fourth-order valence-corrected chi connectivity index (χ4v) is 4.95. The van der Waals surface area contributed by atoms with Crippen LogP contribution in [-0.2, 0) is 14.9 Å². The lowest BCUT2D eigenvalue weighted by Gasteiger charge is -2.32. The molecular formula is C16H20BrNO3S. The first-order chi connectivity index (χ1) is 10.6. The molecule has 22 heavy (non-hydrogen) atoms. The summed E-state index contributed by atoms with van der Waals surface area (Å²) in [6.45, 7) is 2.45. The number of hydrogen-bond acceptors (Lipinski definition) is 4. The zero-order chi connectivity index (χ0) is 15.7. The van der Waals surface area contributed by atoms with Crippen LogP contribution in [0.3, 0.4) is 0 Å². The van der Waals surface area contributed by atoms with Gasteiger partial charge in [0.05, 0.1) is 12.0 Å². The fraction of sp³-hybridized carbons (Fsp3) is 0.562. The standard InChI is InChI=1S/C16H20BrNO3S/c1-2-21-14(19)10-18-13-4-3-11(17)9-12(13)16(15(18)20)5-7-22-8-6-16/h3-4,9,14,19H,2,5-8,10H2,1H3. The maximum absolute atomic E-state index is 13.1. The van der Waals surface area contributed by atoms with Crippen molar-refractivity contribution >= 4 is 39.3 Å². The van der Waals surface area contributed by atoms with Crippen molar-refractivity contribution < 1.29 is 14.6 Å². The molecule has 1 saturated heterocycles. The highest BCUT2D eigenvalue weighted by atomic mass is 79.9. The van der Waals surface area contributed by atoms with E-state index in [-0.39, 0.29) is 12.5 Å². The zero-order valence-corrected chi connectivity index (χ0v) is 15.0. The number of aliphatic hydroxyl groups is 1. The van der Waals surface area contributed by atoms with Crippen LogP contribution in [0.1, 0.15) is 25.3 Å². The van der Waals surface area contributed by atoms with Gasteiger partial charge in [-0.2, -0.15) is 11.8 Å². The Labute approximate surface area is 143 Å². The Morgan fingerprint density at radius 2 is 2.18 bits per heavy atom. The van der Waals surface area contributed by atoms with Crippen LogP contribution in [0.25, 0.3) is 0 Å². The summed E-state index contributed by atoms with van der Waals surface area (Å²) in [5, 5.41) is 9.96. The Kier molecular flexibility index (Phi) is 4.83. The summed E-state index contributed by atoms with van der Waals surface area (Å²) in [4.78, 5) is 14.8. The minimum Gasteiger partial charge on any atom is -0.366 e. The second-order valence-electron chi connectivity index (χ2n) is 5.68. The number of rotatable bonds is 4. The highest BCUT2D eigenvalue weighted by molar-refractivity contribution is 9.10. The minimum absolute atomic E-state index is 0.111. The van der Waals surface area contributed by atoms with Crippen molar-refractivity contribution in [3.63, 3.8) is 0 Å². The molecule has 2 aliphatic heterocycles. The predicted molar refractivity (Wildman–Crippen MR) is 92.4 cm³/mol. The first-order valence-electron chi connectivity index (χ1n) is 7.58. The van der Waals surface area contributed by atoms with E-state index in [4.69, 9.17) is 4.74 Å². The van der Waals surface area contributed by atoms with Crippen LogP contribution in [0.4, 0.5) is 5.69 Å². The third kappa shape index (κ3) is 2.70. The topological polar surface area (TPSA) is 49.8 Å². The number of fused-ring (bicyclic) bond motifs is 2. The van der Waals surface area contributed by atoms with E-state index in [9.17, 15) is 9.90 Å². The lowest BCUT2D eigenvalue weighted by molar-refractivity contribution is -0.126. The van der Waals surface area contributed by atoms with Crippen LogP contribution >= 0.6 is 27.7 Å². The number of β-amino-alcohol motifs (C(OH)–C–C–N with tert-alkyl or cyclic N) is 1. The van der Waals surface area contributed by atoms with Crippen LogP contribution in [0.2, 0.25) is 0 Å². The van der Waals surface area contributed by atoms with Gasteiger partial charge in [0.1, 0.15) is 0 Å². The Hall–Kier alpha value is -0.560. The molecular weight excluding hydrogens is 366 g/mol. The summed E-state index contributed by atoms with van der Waals surface area (Å²) in [5.41, 5.74) is 1.59. The molecule has 1 spiro atoms. The number of aliphatic hydroxyl groups excluding tert-OH is 1. The molecule has 1 unspecified atom stereocenters. The molecule has 1 N–H and O–H groups in total. The van der Waals surface area contributed by atoms with E-state index in [0.29, 0.717) is 6.61 Å². The van der Waals surface area contributed by atoms with Gasteiger partial charge in [-0.25, -0.2) is 0 Å². The van der Waals surface area contributed by atoms with Gasteiger partial charge in [0.15, 0.2) is 6.29 Å². The number of ether oxygens (including phenoxy) is 1. The zero-order valence-electron chi connectivity index (χ0n) is 12.5. The number of nitrogens with zero attached hydrogens (tertiary/aromatic N) is 1. The van der Waals surface area contributed by atoms with Crippen LogP contribution in [-0.4, -0.2) is 42.0 Å². The number of halogens is 1. The molecule has 1 amide bonds. The maximum Gasteiger partial charge on any atom is 0.237 e. The summed E-state index contributed by atoms with van der Waals surface area (Å²) in [6, 6.07) is 5.98. The van der Waals surface area contributed by atoms with E-state index in [0.717, 1.165) is 40.1 Å². The van der Waals surface area contributed by atoms with Gasteiger partial charge >= 0.3 is 0 Å². The minimum atomic E-state index is -0.946. The monoisotopic (exact) mass is 385 g/mol. The van der Waals surface area contributed by atoms with E-state index in [1.54, 1.807) is 4.90 Å². The van der Waals surface area contributed by atoms with Crippen molar-refractivity contribution in [2.75, 3.05) is 29.6 Å². The molecule has 0 bridgehead atoms.